The molecule has 0 atom stereocenters. The molecular weight excluding hydrogens is 532 g/mol. The van der Waals surface area contributed by atoms with Crippen LogP contribution in [0.2, 0.25) is 0 Å². The third-order valence-electron chi connectivity index (χ3n) is 8.28. The summed E-state index contributed by atoms with van der Waals surface area (Å²) in [5.41, 5.74) is 5.68. The van der Waals surface area contributed by atoms with Crippen LogP contribution in [0.5, 0.6) is 0 Å². The smallest absolute Gasteiger partial charge is 0.0645 e. The number of para-hydroxylation sites is 2. The van der Waals surface area contributed by atoms with E-state index in [0.29, 0.717) is 11.0 Å². The number of fused-ring (bicyclic) bond motifs is 6. The van der Waals surface area contributed by atoms with E-state index in [1.54, 1.807) is 4.57 Å². The van der Waals surface area contributed by atoms with Gasteiger partial charge in [0.15, 0.2) is 0 Å². The maximum absolute atomic E-state index is 9.29. The van der Waals surface area contributed by atoms with E-state index in [1.807, 2.05) is 60.7 Å². The molecule has 206 valence electrons. The van der Waals surface area contributed by atoms with Crippen molar-refractivity contribution in [3.05, 3.63) is 170 Å². The van der Waals surface area contributed by atoms with Crippen LogP contribution in [-0.4, -0.2) is 9.13 Å². The molecule has 0 N–H and O–H groups in total. The van der Waals surface area contributed by atoms with Crippen LogP contribution in [0, 0.1) is 0 Å². The van der Waals surface area contributed by atoms with Gasteiger partial charge in [-0.15, -0.1) is 0 Å². The SMILES string of the molecule is [2H]c1c([2H])c([2H])c(-c2c([2H])c([2H])c(-n3c4ccccc4c4cc5c6ccccc6n(-c6ccc(-c7ccccc7)cc6)c5cc43)c([2H])c2[2H])c([2H])c1[2H]. The van der Waals surface area contributed by atoms with Crippen LogP contribution in [0.4, 0.5) is 0 Å². The summed E-state index contributed by atoms with van der Waals surface area (Å²) in [7, 11) is 0. The highest BCUT2D eigenvalue weighted by atomic mass is 15.0. The molecule has 2 heterocycles. The Bertz CT molecular complexity index is 2920. The van der Waals surface area contributed by atoms with Crippen molar-refractivity contribution in [2.75, 3.05) is 0 Å². The Kier molecular flexibility index (Phi) is 3.88. The highest BCUT2D eigenvalue weighted by Crippen LogP contribution is 2.40. The molecule has 0 aliphatic rings. The van der Waals surface area contributed by atoms with Crippen molar-refractivity contribution in [3.8, 4) is 33.6 Å². The van der Waals surface area contributed by atoms with Gasteiger partial charge in [0, 0.05) is 32.9 Å². The van der Waals surface area contributed by atoms with Gasteiger partial charge < -0.3 is 9.13 Å². The predicted octanol–water partition coefficient (Wildman–Crippen LogP) is 11.2. The molecule has 0 amide bonds. The predicted molar refractivity (Wildman–Crippen MR) is 186 cm³/mol. The molecule has 0 saturated carbocycles. The summed E-state index contributed by atoms with van der Waals surface area (Å²) in [6.45, 7) is 0. The first-order valence-corrected chi connectivity index (χ1v) is 14.4. The Balaban J connectivity index is 1.35. The fourth-order valence-electron chi connectivity index (χ4n) is 6.30. The monoisotopic (exact) mass is 569 g/mol. The molecule has 0 bridgehead atoms. The van der Waals surface area contributed by atoms with Crippen molar-refractivity contribution < 1.29 is 12.3 Å². The fraction of sp³-hybridized carbons (Fsp3) is 0. The largest absolute Gasteiger partial charge is 0.309 e. The number of nitrogens with zero attached hydrogens (tertiary/aromatic N) is 2. The molecule has 0 unspecified atom stereocenters. The van der Waals surface area contributed by atoms with E-state index in [1.165, 1.54) is 0 Å². The Morgan fingerprint density at radius 2 is 0.864 bits per heavy atom. The molecule has 0 radical (unpaired) electrons. The van der Waals surface area contributed by atoms with Crippen LogP contribution in [0.15, 0.2) is 170 Å². The van der Waals surface area contributed by atoms with E-state index in [-0.39, 0.29) is 16.8 Å². The molecule has 0 saturated heterocycles. The normalized spacial score (nSPS) is 14.5. The minimum Gasteiger partial charge on any atom is -0.309 e. The third kappa shape index (κ3) is 3.82. The zero-order valence-electron chi connectivity index (χ0n) is 32.4. The van der Waals surface area contributed by atoms with Gasteiger partial charge >= 0.3 is 0 Å². The number of hydrogen-bond acceptors (Lipinski definition) is 0. The first-order chi connectivity index (χ1) is 25.6. The number of rotatable bonds is 4. The minimum absolute atomic E-state index is 0.00320. The Morgan fingerprint density at radius 1 is 0.341 bits per heavy atom. The van der Waals surface area contributed by atoms with E-state index in [4.69, 9.17) is 9.60 Å². The van der Waals surface area contributed by atoms with Gasteiger partial charge in [-0.1, -0.05) is 121 Å². The second kappa shape index (κ2) is 9.86. The highest BCUT2D eigenvalue weighted by molar-refractivity contribution is 6.19. The molecule has 7 aromatic carbocycles. The van der Waals surface area contributed by atoms with Crippen molar-refractivity contribution >= 4 is 43.6 Å². The molecule has 2 aromatic heterocycles. The molecule has 0 aliphatic carbocycles. The minimum atomic E-state index is -0.613. The van der Waals surface area contributed by atoms with E-state index in [2.05, 4.69) is 59.2 Å². The molecule has 2 heteroatoms. The van der Waals surface area contributed by atoms with Gasteiger partial charge in [0.1, 0.15) is 0 Å². The first-order valence-electron chi connectivity index (χ1n) is 18.9. The van der Waals surface area contributed by atoms with Gasteiger partial charge in [-0.2, -0.15) is 0 Å². The van der Waals surface area contributed by atoms with Gasteiger partial charge in [0.25, 0.3) is 0 Å². The Labute approximate surface area is 268 Å². The van der Waals surface area contributed by atoms with Crippen molar-refractivity contribution in [1.82, 2.24) is 9.13 Å². The van der Waals surface area contributed by atoms with Crippen LogP contribution < -0.4 is 0 Å². The third-order valence-corrected chi connectivity index (χ3v) is 8.28. The topological polar surface area (TPSA) is 9.86 Å². The molecule has 44 heavy (non-hydrogen) atoms. The van der Waals surface area contributed by atoms with Gasteiger partial charge in [-0.25, -0.2) is 0 Å². The van der Waals surface area contributed by atoms with Gasteiger partial charge in [0.05, 0.1) is 34.4 Å². The maximum atomic E-state index is 9.29. The van der Waals surface area contributed by atoms with Crippen LogP contribution in [0.3, 0.4) is 0 Å². The summed E-state index contributed by atoms with van der Waals surface area (Å²) >= 11 is 0. The van der Waals surface area contributed by atoms with Crippen molar-refractivity contribution in [2.45, 2.75) is 0 Å². The second-order valence-electron chi connectivity index (χ2n) is 10.7. The lowest BCUT2D eigenvalue weighted by atomic mass is 10.1. The summed E-state index contributed by atoms with van der Waals surface area (Å²) < 4.78 is 82.1. The number of aromatic nitrogens is 2. The summed E-state index contributed by atoms with van der Waals surface area (Å²) in [4.78, 5) is 0. The zero-order chi connectivity index (χ0) is 36.9. The van der Waals surface area contributed by atoms with Crippen LogP contribution in [0.1, 0.15) is 12.3 Å². The van der Waals surface area contributed by atoms with Crippen molar-refractivity contribution in [1.29, 1.82) is 0 Å². The summed E-state index contributed by atoms with van der Waals surface area (Å²) in [6.07, 6.45) is 0. The average Bonchev–Trinajstić information content (AvgIpc) is 3.68. The Hall–Kier alpha value is -5.86. The highest BCUT2D eigenvalue weighted by Gasteiger charge is 2.18. The van der Waals surface area contributed by atoms with Crippen molar-refractivity contribution in [3.63, 3.8) is 0 Å². The van der Waals surface area contributed by atoms with E-state index in [0.717, 1.165) is 49.4 Å². The summed E-state index contributed by atoms with van der Waals surface area (Å²) in [5, 5.41) is 3.79. The molecule has 9 rings (SSSR count). The average molecular weight is 570 g/mol. The molecule has 0 spiro atoms. The van der Waals surface area contributed by atoms with Crippen molar-refractivity contribution in [2.24, 2.45) is 0 Å². The van der Waals surface area contributed by atoms with E-state index < -0.39 is 54.4 Å². The van der Waals surface area contributed by atoms with E-state index in [9.17, 15) is 2.74 Å². The lowest BCUT2D eigenvalue weighted by Gasteiger charge is -2.11. The van der Waals surface area contributed by atoms with Crippen LogP contribution in [-0.2, 0) is 0 Å². The lowest BCUT2D eigenvalue weighted by molar-refractivity contribution is 1.16. The number of hydrogen-bond donors (Lipinski definition) is 0. The maximum Gasteiger partial charge on any atom is 0.0645 e. The second-order valence-corrected chi connectivity index (χ2v) is 10.7. The molecular formula is C42H28N2. The quantitative estimate of drug-likeness (QED) is 0.199. The molecule has 9 aromatic rings. The zero-order valence-corrected chi connectivity index (χ0v) is 23.4. The molecule has 0 fully saturated rings. The summed E-state index contributed by atoms with van der Waals surface area (Å²) in [5.74, 6) is 0. The standard InChI is InChI=1S/C42H28N2/c1-3-11-29(12-4-1)31-19-23-33(24-20-31)43-39-17-9-7-15-35(39)37-27-38-36-16-8-10-18-40(36)44(42(38)28-41(37)43)34-25-21-32(22-26-34)30-13-5-2-6-14-30/h1-28H/i1D,3D,4D,11D,12D,19D,20D,23D,24D. The molecule has 0 aliphatic heterocycles. The van der Waals surface area contributed by atoms with E-state index >= 15 is 0 Å². The summed E-state index contributed by atoms with van der Waals surface area (Å²) in [6, 6.07) is 33.7. The van der Waals surface area contributed by atoms with Crippen LogP contribution in [0.25, 0.3) is 77.2 Å². The van der Waals surface area contributed by atoms with Gasteiger partial charge in [-0.05, 0) is 70.7 Å². The molecule has 2 nitrogen and oxygen atoms in total. The first kappa shape index (κ1) is 17.3. The van der Waals surface area contributed by atoms with Gasteiger partial charge in [0.2, 0.25) is 0 Å². The number of benzene rings is 7. The fourth-order valence-corrected chi connectivity index (χ4v) is 6.30. The lowest BCUT2D eigenvalue weighted by Crippen LogP contribution is -1.96. The Morgan fingerprint density at radius 3 is 1.50 bits per heavy atom. The van der Waals surface area contributed by atoms with Crippen LogP contribution >= 0.6 is 0 Å². The van der Waals surface area contributed by atoms with Gasteiger partial charge in [-0.3, -0.25) is 0 Å².